The van der Waals surface area contributed by atoms with Crippen molar-refractivity contribution in [3.8, 4) is 5.75 Å². The highest BCUT2D eigenvalue weighted by Crippen LogP contribution is 2.25. The highest BCUT2D eigenvalue weighted by Gasteiger charge is 2.07. The predicted molar refractivity (Wildman–Crippen MR) is 106 cm³/mol. The van der Waals surface area contributed by atoms with E-state index in [-0.39, 0.29) is 0 Å². The number of guanidine groups is 1. The normalized spacial score (nSPS) is 11.5. The van der Waals surface area contributed by atoms with E-state index in [1.807, 2.05) is 36.7 Å². The lowest BCUT2D eigenvalue weighted by Gasteiger charge is -2.13. The minimum Gasteiger partial charge on any atom is -0.495 e. The van der Waals surface area contributed by atoms with E-state index in [1.165, 1.54) is 0 Å². The minimum atomic E-state index is 0.487. The largest absolute Gasteiger partial charge is 0.495 e. The van der Waals surface area contributed by atoms with Crippen molar-refractivity contribution in [1.29, 1.82) is 0 Å². The van der Waals surface area contributed by atoms with Crippen LogP contribution in [0.15, 0.2) is 23.2 Å². The molecule has 2 N–H and O–H groups in total. The maximum atomic E-state index is 6.19. The molecule has 2 aromatic rings. The maximum Gasteiger partial charge on any atom is 0.191 e. The van der Waals surface area contributed by atoms with Crippen LogP contribution in [0, 0.1) is 6.92 Å². The summed E-state index contributed by atoms with van der Waals surface area (Å²) in [6, 6.07) is 5.65. The monoisotopic (exact) mass is 394 g/mol. The van der Waals surface area contributed by atoms with Crippen molar-refractivity contribution in [2.24, 2.45) is 12.0 Å². The van der Waals surface area contributed by atoms with Crippen LogP contribution < -0.4 is 15.4 Å². The Bertz CT molecular complexity index is 762. The van der Waals surface area contributed by atoms with Gasteiger partial charge in [-0.25, -0.2) is 4.99 Å². The Morgan fingerprint density at radius 3 is 2.70 bits per heavy atom. The smallest absolute Gasteiger partial charge is 0.191 e. The van der Waals surface area contributed by atoms with Gasteiger partial charge in [0, 0.05) is 27.3 Å². The van der Waals surface area contributed by atoms with Gasteiger partial charge < -0.3 is 24.7 Å². The molecule has 0 amide bonds. The number of aryl methyl sites for hydroxylation is 1. The number of methoxy groups -OCH3 is 2. The first-order valence-electron chi connectivity index (χ1n) is 8.73. The molecular formula is C18H27ClN6O2. The van der Waals surface area contributed by atoms with Crippen LogP contribution in [0.4, 0.5) is 0 Å². The van der Waals surface area contributed by atoms with Crippen molar-refractivity contribution >= 4 is 17.6 Å². The molecule has 0 bridgehead atoms. The number of hydrogen-bond acceptors (Lipinski definition) is 5. The zero-order valence-corrected chi connectivity index (χ0v) is 17.0. The van der Waals surface area contributed by atoms with Crippen molar-refractivity contribution in [2.75, 3.05) is 27.4 Å². The van der Waals surface area contributed by atoms with E-state index >= 15 is 0 Å². The summed E-state index contributed by atoms with van der Waals surface area (Å²) in [6.45, 7) is 4.37. The number of aliphatic imine (C=N–C) groups is 1. The lowest BCUT2D eigenvalue weighted by molar-refractivity contribution is 0.195. The van der Waals surface area contributed by atoms with Crippen LogP contribution in [-0.4, -0.2) is 48.1 Å². The van der Waals surface area contributed by atoms with E-state index in [1.54, 1.807) is 14.2 Å². The van der Waals surface area contributed by atoms with Gasteiger partial charge in [0.05, 0.1) is 25.2 Å². The summed E-state index contributed by atoms with van der Waals surface area (Å²) < 4.78 is 12.2. The quantitative estimate of drug-likeness (QED) is 0.384. The van der Waals surface area contributed by atoms with Crippen LogP contribution >= 0.6 is 11.6 Å². The van der Waals surface area contributed by atoms with E-state index in [2.05, 4.69) is 25.8 Å². The zero-order valence-electron chi connectivity index (χ0n) is 16.3. The van der Waals surface area contributed by atoms with Crippen LogP contribution in [0.25, 0.3) is 0 Å². The summed E-state index contributed by atoms with van der Waals surface area (Å²) in [5, 5.41) is 15.4. The fraction of sp³-hybridized carbons (Fsp3) is 0.500. The fourth-order valence-corrected chi connectivity index (χ4v) is 2.62. The van der Waals surface area contributed by atoms with Crippen molar-refractivity contribution in [3.63, 3.8) is 0 Å². The van der Waals surface area contributed by atoms with Crippen molar-refractivity contribution in [2.45, 2.75) is 26.4 Å². The van der Waals surface area contributed by atoms with Crippen molar-refractivity contribution < 1.29 is 9.47 Å². The Hall–Kier alpha value is -2.32. The van der Waals surface area contributed by atoms with E-state index in [9.17, 15) is 0 Å². The number of aromatic nitrogens is 3. The third-order valence-corrected chi connectivity index (χ3v) is 4.35. The van der Waals surface area contributed by atoms with Gasteiger partial charge in [-0.3, -0.25) is 0 Å². The molecule has 8 nitrogen and oxygen atoms in total. The predicted octanol–water partition coefficient (Wildman–Crippen LogP) is 2.06. The number of hydrogen-bond donors (Lipinski definition) is 2. The summed E-state index contributed by atoms with van der Waals surface area (Å²) in [7, 11) is 5.23. The average molecular weight is 395 g/mol. The summed E-state index contributed by atoms with van der Waals surface area (Å²) in [4.78, 5) is 4.64. The lowest BCUT2D eigenvalue weighted by atomic mass is 10.2. The number of rotatable bonds is 9. The summed E-state index contributed by atoms with van der Waals surface area (Å²) in [5.41, 5.74) is 0.994. The molecule has 9 heteroatoms. The Kier molecular flexibility index (Phi) is 8.35. The molecule has 1 aromatic heterocycles. The van der Waals surface area contributed by atoms with Crippen LogP contribution in [0.1, 0.15) is 23.6 Å². The topological polar surface area (TPSA) is 85.6 Å². The van der Waals surface area contributed by atoms with Gasteiger partial charge >= 0.3 is 0 Å². The zero-order chi connectivity index (χ0) is 19.6. The molecule has 0 saturated heterocycles. The molecule has 0 radical (unpaired) electrons. The Labute approximate surface area is 164 Å². The molecule has 0 aliphatic carbocycles. The molecular weight excluding hydrogens is 368 g/mol. The van der Waals surface area contributed by atoms with Crippen LogP contribution in [-0.2, 0) is 24.9 Å². The van der Waals surface area contributed by atoms with Crippen molar-refractivity contribution in [1.82, 2.24) is 25.4 Å². The number of benzene rings is 1. The molecule has 2 rings (SSSR count). The Morgan fingerprint density at radius 1 is 1.26 bits per heavy atom. The molecule has 1 aromatic carbocycles. The molecule has 0 atom stereocenters. The molecule has 0 fully saturated rings. The highest BCUT2D eigenvalue weighted by molar-refractivity contribution is 6.32. The summed E-state index contributed by atoms with van der Waals surface area (Å²) >= 11 is 6.19. The first kappa shape index (κ1) is 21.0. The third-order valence-electron chi connectivity index (χ3n) is 4.05. The molecule has 1 heterocycles. The van der Waals surface area contributed by atoms with Gasteiger partial charge in [-0.15, -0.1) is 10.2 Å². The van der Waals surface area contributed by atoms with Gasteiger partial charge in [-0.1, -0.05) is 17.7 Å². The molecule has 27 heavy (non-hydrogen) atoms. The highest BCUT2D eigenvalue weighted by atomic mass is 35.5. The first-order chi connectivity index (χ1) is 13.0. The Balaban J connectivity index is 2.02. The first-order valence-corrected chi connectivity index (χ1v) is 9.11. The van der Waals surface area contributed by atoms with Gasteiger partial charge in [0.1, 0.15) is 11.6 Å². The number of nitrogens with zero attached hydrogens (tertiary/aromatic N) is 4. The SMILES string of the molecule is COCCCNC(=NCc1ccc(OC)c(Cl)c1)NCc1nnc(C)n1C. The molecule has 0 unspecified atom stereocenters. The van der Waals surface area contributed by atoms with Gasteiger partial charge in [-0.2, -0.15) is 0 Å². The molecule has 0 aliphatic rings. The second-order valence-electron chi connectivity index (χ2n) is 5.98. The molecule has 0 spiro atoms. The van der Waals surface area contributed by atoms with Crippen LogP contribution in [0.3, 0.4) is 0 Å². The molecule has 0 aliphatic heterocycles. The second-order valence-corrected chi connectivity index (χ2v) is 6.39. The third kappa shape index (κ3) is 6.41. The van der Waals surface area contributed by atoms with E-state index in [4.69, 9.17) is 21.1 Å². The minimum absolute atomic E-state index is 0.487. The number of nitrogens with one attached hydrogen (secondary N) is 2. The van der Waals surface area contributed by atoms with E-state index < -0.39 is 0 Å². The molecule has 148 valence electrons. The molecule has 0 saturated carbocycles. The standard InChI is InChI=1S/C18H27ClN6O2/c1-13-23-24-17(25(13)2)12-22-18(20-8-5-9-26-3)21-11-14-6-7-16(27-4)15(19)10-14/h6-7,10H,5,8-9,11-12H2,1-4H3,(H2,20,21,22). The number of ether oxygens (including phenoxy) is 2. The van der Waals surface area contributed by atoms with Crippen molar-refractivity contribution in [3.05, 3.63) is 40.4 Å². The van der Waals surface area contributed by atoms with Gasteiger partial charge in [0.25, 0.3) is 0 Å². The van der Waals surface area contributed by atoms with E-state index in [0.29, 0.717) is 36.4 Å². The summed E-state index contributed by atoms with van der Waals surface area (Å²) in [5.74, 6) is 3.05. The van der Waals surface area contributed by atoms with E-state index in [0.717, 1.165) is 30.2 Å². The summed E-state index contributed by atoms with van der Waals surface area (Å²) in [6.07, 6.45) is 0.884. The maximum absolute atomic E-state index is 6.19. The van der Waals surface area contributed by atoms with Crippen LogP contribution in [0.5, 0.6) is 5.75 Å². The van der Waals surface area contributed by atoms with Gasteiger partial charge in [-0.05, 0) is 31.0 Å². The average Bonchev–Trinajstić information content (AvgIpc) is 2.98. The fourth-order valence-electron chi connectivity index (χ4n) is 2.34. The van der Waals surface area contributed by atoms with Gasteiger partial charge in [0.15, 0.2) is 11.8 Å². The van der Waals surface area contributed by atoms with Gasteiger partial charge in [0.2, 0.25) is 0 Å². The Morgan fingerprint density at radius 2 is 2.07 bits per heavy atom. The van der Waals surface area contributed by atoms with Crippen LogP contribution in [0.2, 0.25) is 5.02 Å². The lowest BCUT2D eigenvalue weighted by Crippen LogP contribution is -2.38. The number of halogens is 1. The second kappa shape index (κ2) is 10.7.